The van der Waals surface area contributed by atoms with Crippen molar-refractivity contribution >= 4 is 68.2 Å². The van der Waals surface area contributed by atoms with Gasteiger partial charge >= 0.3 is 0 Å². The molecule has 10 nitrogen and oxygen atoms in total. The Morgan fingerprint density at radius 1 is 0.964 bits per heavy atom. The normalized spacial score (nSPS) is 26.1. The SMILES string of the molecule is CCc1ccc(N2C(=O)C3CC=C4C(CC5C(=O)N(c6cc(-c7sc8ccc(Cl)cc8c7C)nn6C)C(=O)C5(C)C4c4ccc(O)c(OC)c4)C3C2=O)cc1. The van der Waals surface area contributed by atoms with E-state index >= 15 is 4.79 Å². The molecule has 5 aromatic rings. The van der Waals surface area contributed by atoms with Crippen molar-refractivity contribution in [2.75, 3.05) is 16.9 Å². The molecule has 1 N–H and O–H groups in total. The number of aromatic nitrogens is 2. The highest BCUT2D eigenvalue weighted by Gasteiger charge is 2.68. The first-order valence-electron chi connectivity index (χ1n) is 18.5. The summed E-state index contributed by atoms with van der Waals surface area (Å²) in [5, 5.41) is 17.1. The summed E-state index contributed by atoms with van der Waals surface area (Å²) in [6.07, 6.45) is 3.40. The van der Waals surface area contributed by atoms with E-state index in [9.17, 15) is 19.5 Å². The number of amides is 4. The van der Waals surface area contributed by atoms with E-state index in [0.29, 0.717) is 34.2 Å². The first-order valence-corrected chi connectivity index (χ1v) is 19.7. The highest BCUT2D eigenvalue weighted by Crippen LogP contribution is 2.64. The third kappa shape index (κ3) is 5.01. The molecular formula is C43H39ClN4O6S. The van der Waals surface area contributed by atoms with E-state index in [1.165, 1.54) is 23.0 Å². The second-order valence-corrected chi connectivity index (χ2v) is 16.8. The summed E-state index contributed by atoms with van der Waals surface area (Å²) in [6, 6.07) is 20.0. The van der Waals surface area contributed by atoms with Gasteiger partial charge in [-0.3, -0.25) is 28.8 Å². The Labute approximate surface area is 326 Å². The van der Waals surface area contributed by atoms with Gasteiger partial charge in [-0.25, -0.2) is 4.90 Å². The van der Waals surface area contributed by atoms with Crippen LogP contribution in [-0.4, -0.2) is 45.6 Å². The topological polar surface area (TPSA) is 122 Å². The van der Waals surface area contributed by atoms with Gasteiger partial charge in [-0.15, -0.1) is 11.3 Å². The van der Waals surface area contributed by atoms with Crippen molar-refractivity contribution in [1.82, 2.24) is 9.78 Å². The number of thiophene rings is 1. The number of ether oxygens (including phenoxy) is 1. The molecule has 4 amide bonds. The van der Waals surface area contributed by atoms with E-state index < -0.39 is 35.0 Å². The maximum absolute atomic E-state index is 15.1. The molecule has 3 fully saturated rings. The van der Waals surface area contributed by atoms with Crippen LogP contribution in [0.3, 0.4) is 0 Å². The molecule has 2 aliphatic heterocycles. The minimum Gasteiger partial charge on any atom is -0.504 e. The van der Waals surface area contributed by atoms with Crippen LogP contribution in [0.15, 0.2) is 78.4 Å². The molecule has 0 bridgehead atoms. The average molecular weight is 775 g/mol. The molecule has 6 atom stereocenters. The molecule has 4 aliphatic rings. The molecule has 0 radical (unpaired) electrons. The molecule has 280 valence electrons. The molecule has 1 saturated carbocycles. The van der Waals surface area contributed by atoms with Gasteiger partial charge in [0.25, 0.3) is 0 Å². The van der Waals surface area contributed by atoms with E-state index in [1.54, 1.807) is 41.3 Å². The number of carbonyl (C=O) groups is 4. The van der Waals surface area contributed by atoms with E-state index in [2.05, 4.69) is 0 Å². The number of phenolic OH excluding ortho intramolecular Hbond substituents is 1. The monoisotopic (exact) mass is 774 g/mol. The standard InChI is InChI=1S/C43H39ClN4O6S/c1-6-22-7-11-25(12-8-22)47-39(50)27-14-13-26-29(36(27)41(47)52)19-30-40(51)48(42(53)43(30,3)37(26)23-9-15-32(49)33(17-23)54-5)35-20-31(45-46(35)4)38-21(2)28-18-24(44)10-16-34(28)55-38/h7-13,15-18,20,27,29-30,36-37,49H,6,14,19H2,1-5H3. The van der Waals surface area contributed by atoms with E-state index in [-0.39, 0.29) is 41.5 Å². The molecule has 2 saturated heterocycles. The molecule has 2 aromatic heterocycles. The first-order chi connectivity index (χ1) is 26.4. The van der Waals surface area contributed by atoms with Crippen LogP contribution in [0, 0.1) is 36.0 Å². The Hall–Kier alpha value is -5.26. The maximum Gasteiger partial charge on any atom is 0.242 e. The van der Waals surface area contributed by atoms with Crippen LogP contribution in [0.5, 0.6) is 11.5 Å². The molecule has 9 rings (SSSR count). The minimum absolute atomic E-state index is 0.0593. The number of hydrogen-bond acceptors (Lipinski definition) is 8. The van der Waals surface area contributed by atoms with Crippen molar-refractivity contribution in [1.29, 1.82) is 0 Å². The smallest absolute Gasteiger partial charge is 0.242 e. The number of hydrogen-bond donors (Lipinski definition) is 1. The van der Waals surface area contributed by atoms with Crippen LogP contribution in [0.2, 0.25) is 5.02 Å². The highest BCUT2D eigenvalue weighted by atomic mass is 35.5. The number of fused-ring (bicyclic) bond motifs is 5. The number of aryl methyl sites for hydroxylation is 3. The van der Waals surface area contributed by atoms with Crippen LogP contribution in [0.1, 0.15) is 49.3 Å². The number of aromatic hydroxyl groups is 1. The van der Waals surface area contributed by atoms with E-state index in [4.69, 9.17) is 21.4 Å². The second kappa shape index (κ2) is 12.6. The van der Waals surface area contributed by atoms with Crippen LogP contribution in [-0.2, 0) is 32.6 Å². The minimum atomic E-state index is -1.27. The summed E-state index contributed by atoms with van der Waals surface area (Å²) >= 11 is 7.90. The van der Waals surface area contributed by atoms with Gasteiger partial charge in [0.15, 0.2) is 11.5 Å². The molecule has 3 aromatic carbocycles. The van der Waals surface area contributed by atoms with Gasteiger partial charge in [0.2, 0.25) is 23.6 Å². The Bertz CT molecular complexity index is 2520. The lowest BCUT2D eigenvalue weighted by molar-refractivity contribution is -0.131. The lowest BCUT2D eigenvalue weighted by Gasteiger charge is -2.49. The Morgan fingerprint density at radius 2 is 1.73 bits per heavy atom. The lowest BCUT2D eigenvalue weighted by atomic mass is 9.51. The molecule has 6 unspecified atom stereocenters. The van der Waals surface area contributed by atoms with Crippen LogP contribution >= 0.6 is 22.9 Å². The third-order valence-corrected chi connectivity index (χ3v) is 14.2. The Morgan fingerprint density at radius 3 is 2.45 bits per heavy atom. The number of phenols is 1. The Balaban J connectivity index is 1.15. The quantitative estimate of drug-likeness (QED) is 0.137. The summed E-state index contributed by atoms with van der Waals surface area (Å²) in [6.45, 7) is 5.90. The van der Waals surface area contributed by atoms with Gasteiger partial charge in [0, 0.05) is 28.8 Å². The number of imide groups is 2. The number of anilines is 2. The van der Waals surface area contributed by atoms with E-state index in [0.717, 1.165) is 38.1 Å². The fourth-order valence-electron chi connectivity index (χ4n) is 9.84. The maximum atomic E-state index is 15.1. The molecule has 0 spiro atoms. The van der Waals surface area contributed by atoms with Crippen molar-refractivity contribution in [3.05, 3.63) is 100 Å². The van der Waals surface area contributed by atoms with Crippen LogP contribution in [0.4, 0.5) is 11.5 Å². The van der Waals surface area contributed by atoms with Gasteiger partial charge in [0.1, 0.15) is 11.5 Å². The predicted octanol–water partition coefficient (Wildman–Crippen LogP) is 7.98. The summed E-state index contributed by atoms with van der Waals surface area (Å²) in [7, 11) is 3.18. The molecule has 2 aliphatic carbocycles. The summed E-state index contributed by atoms with van der Waals surface area (Å²) in [4.78, 5) is 62.1. The van der Waals surface area contributed by atoms with E-state index in [1.807, 2.05) is 69.3 Å². The van der Waals surface area contributed by atoms with Gasteiger partial charge in [-0.1, -0.05) is 48.4 Å². The average Bonchev–Trinajstić information content (AvgIpc) is 3.85. The molecule has 12 heteroatoms. The number of nitrogens with zero attached hydrogens (tertiary/aromatic N) is 4. The Kier molecular flexibility index (Phi) is 8.15. The predicted molar refractivity (Wildman–Crippen MR) is 211 cm³/mol. The largest absolute Gasteiger partial charge is 0.504 e. The first kappa shape index (κ1) is 35.4. The van der Waals surface area contributed by atoms with Gasteiger partial charge in [-0.2, -0.15) is 5.10 Å². The summed E-state index contributed by atoms with van der Waals surface area (Å²) < 4.78 is 8.14. The van der Waals surface area contributed by atoms with Crippen molar-refractivity contribution in [3.63, 3.8) is 0 Å². The van der Waals surface area contributed by atoms with Crippen molar-refractivity contribution in [2.45, 2.75) is 46.0 Å². The molecular weight excluding hydrogens is 736 g/mol. The molecule has 55 heavy (non-hydrogen) atoms. The zero-order valence-electron chi connectivity index (χ0n) is 31.0. The van der Waals surface area contributed by atoms with Crippen LogP contribution < -0.4 is 14.5 Å². The number of benzene rings is 3. The van der Waals surface area contributed by atoms with Crippen molar-refractivity contribution in [3.8, 4) is 22.1 Å². The van der Waals surface area contributed by atoms with Crippen molar-refractivity contribution < 1.29 is 29.0 Å². The summed E-state index contributed by atoms with van der Waals surface area (Å²) in [5.41, 5.74) is 3.52. The van der Waals surface area contributed by atoms with Crippen LogP contribution in [0.25, 0.3) is 20.7 Å². The fraction of sp³-hybridized carbons (Fsp3) is 0.326. The number of allylic oxidation sites excluding steroid dienone is 2. The molecule has 4 heterocycles. The van der Waals surface area contributed by atoms with Crippen molar-refractivity contribution in [2.24, 2.45) is 36.1 Å². The second-order valence-electron chi connectivity index (χ2n) is 15.3. The van der Waals surface area contributed by atoms with Gasteiger partial charge in [-0.05, 0) is 104 Å². The summed E-state index contributed by atoms with van der Waals surface area (Å²) in [5.74, 6) is -4.01. The highest BCUT2D eigenvalue weighted by molar-refractivity contribution is 7.22. The number of carbonyl (C=O) groups excluding carboxylic acids is 4. The number of halogens is 1. The zero-order valence-corrected chi connectivity index (χ0v) is 32.6. The lowest BCUT2D eigenvalue weighted by Crippen LogP contribution is -2.48. The fourth-order valence-corrected chi connectivity index (χ4v) is 11.2. The number of methoxy groups -OCH3 is 1. The number of rotatable bonds is 6. The zero-order chi connectivity index (χ0) is 38.7. The van der Waals surface area contributed by atoms with Gasteiger partial charge in [0.05, 0.1) is 40.8 Å². The van der Waals surface area contributed by atoms with Gasteiger partial charge < -0.3 is 9.84 Å². The third-order valence-electron chi connectivity index (χ3n) is 12.6.